The van der Waals surface area contributed by atoms with Gasteiger partial charge in [0.05, 0.1) is 34.2 Å². The van der Waals surface area contributed by atoms with Gasteiger partial charge in [-0.05, 0) is 92.5 Å². The van der Waals surface area contributed by atoms with Crippen LogP contribution in [0.1, 0.15) is 58.1 Å². The molecular formula is C34H29CuN4Na3O6. The van der Waals surface area contributed by atoms with Gasteiger partial charge >= 0.3 is 106 Å². The number of aliphatic imine (C=N–C) groups is 3. The van der Waals surface area contributed by atoms with Crippen LogP contribution in [0.3, 0.4) is 0 Å². The maximum Gasteiger partial charge on any atom is 2.00 e. The molecule has 1 radical (unpaired) electrons. The average molecular weight is 722 g/mol. The van der Waals surface area contributed by atoms with E-state index >= 15 is 0 Å². The molecule has 10 nitrogen and oxygen atoms in total. The molecule has 235 valence electrons. The van der Waals surface area contributed by atoms with Crippen molar-refractivity contribution in [1.29, 1.82) is 0 Å². The number of nitrogens with zero attached hydrogens (tertiary/aromatic N) is 4. The van der Waals surface area contributed by atoms with Crippen LogP contribution in [0.25, 0.3) is 11.6 Å². The second kappa shape index (κ2) is 18.0. The molecule has 0 spiro atoms. The number of carbonyl (C=O) groups excluding carboxylic acids is 2. The number of aliphatic carboxylic acids is 2. The molecule has 4 aliphatic rings. The summed E-state index contributed by atoms with van der Waals surface area (Å²) in [5, 5.41) is 49.1. The number of rotatable bonds is 7. The number of carboxylic acid groups (broad SMARTS) is 2. The first kappa shape index (κ1) is 44.3. The summed E-state index contributed by atoms with van der Waals surface area (Å²) in [6.45, 7) is 13.1. The standard InChI is InChI=1S/C34H34N4O6.Cu.3Na/c1-7-19-15(3)23-12-25-17(5)21(9-10-29(39)40)32(37-25)22(11-30(41)42)33-31(34(43)44)18(6)26(38-33)14-28-20(8-2)16(4)24(36-28)13-27(19)35-23;;;;/h7,12-14H,1,8-11H2,2-6H3,(H5,35,36,37,38,39,40,41,42,43,44);;;;/q;+2;3*+1/p-5. The SMILES string of the molecule is C=CC1=C(C)C2=NC1=CC1=NC(=CC3=C(C)C(=C([O-])[O-])C(=N3)C(CC(=O)[O-])=c3[n-]c(c(C)c3CCC(=O)[O-])=C2)C(CC)=C1C.[Cu+2].[Na+].[Na+].[Na+]. The second-order valence-corrected chi connectivity index (χ2v) is 10.9. The fourth-order valence-corrected chi connectivity index (χ4v) is 5.96. The third kappa shape index (κ3) is 8.41. The number of carboxylic acids is 2. The van der Waals surface area contributed by atoms with Crippen LogP contribution in [-0.2, 0) is 33.1 Å². The van der Waals surface area contributed by atoms with Crippen LogP contribution < -0.4 is 125 Å². The van der Waals surface area contributed by atoms with E-state index in [4.69, 9.17) is 15.0 Å². The van der Waals surface area contributed by atoms with Gasteiger partial charge in [-0.25, -0.2) is 15.0 Å². The number of allylic oxidation sites excluding steroid dienone is 8. The molecule has 0 atom stereocenters. The predicted octanol–water partition coefficient (Wildman–Crippen LogP) is -9.70. The van der Waals surface area contributed by atoms with Gasteiger partial charge in [0.2, 0.25) is 0 Å². The molecule has 0 aliphatic carbocycles. The van der Waals surface area contributed by atoms with Gasteiger partial charge < -0.3 is 35.0 Å². The number of hydrogen-bond donors (Lipinski definition) is 0. The van der Waals surface area contributed by atoms with Crippen molar-refractivity contribution >= 4 is 40.7 Å². The van der Waals surface area contributed by atoms with Crippen LogP contribution >= 0.6 is 0 Å². The van der Waals surface area contributed by atoms with Crippen molar-refractivity contribution in [2.24, 2.45) is 15.0 Å². The Labute approximate surface area is 355 Å². The summed E-state index contributed by atoms with van der Waals surface area (Å²) < 4.78 is 0. The zero-order valence-electron chi connectivity index (χ0n) is 28.4. The van der Waals surface area contributed by atoms with Crippen molar-refractivity contribution in [3.8, 4) is 0 Å². The minimum atomic E-state index is -1.54. The Morgan fingerprint density at radius 2 is 1.46 bits per heavy atom. The van der Waals surface area contributed by atoms with E-state index in [2.05, 4.69) is 11.6 Å². The maximum absolute atomic E-state index is 12.5. The van der Waals surface area contributed by atoms with Crippen molar-refractivity contribution in [3.05, 3.63) is 103 Å². The molecule has 1 aromatic rings. The van der Waals surface area contributed by atoms with E-state index in [0.717, 1.165) is 22.3 Å². The monoisotopic (exact) mass is 721 g/mol. The van der Waals surface area contributed by atoms with Gasteiger partial charge in [0.1, 0.15) is 0 Å². The van der Waals surface area contributed by atoms with Gasteiger partial charge in [0.15, 0.2) is 0 Å². The number of carbonyl (C=O) groups is 2. The molecule has 0 fully saturated rings. The molecule has 0 saturated heterocycles. The molecule has 4 aliphatic heterocycles. The van der Waals surface area contributed by atoms with Gasteiger partial charge in [-0.1, -0.05) is 36.8 Å². The average Bonchev–Trinajstić information content (AvgIpc) is 3.63. The molecule has 0 saturated carbocycles. The van der Waals surface area contributed by atoms with E-state index in [9.17, 15) is 30.0 Å². The third-order valence-corrected chi connectivity index (χ3v) is 8.33. The van der Waals surface area contributed by atoms with E-state index in [0.29, 0.717) is 45.7 Å². The van der Waals surface area contributed by atoms with Crippen LogP contribution in [0, 0.1) is 6.92 Å². The molecule has 0 N–H and O–H groups in total. The Kier molecular flexibility index (Phi) is 16.6. The third-order valence-electron chi connectivity index (χ3n) is 8.33. The summed E-state index contributed by atoms with van der Waals surface area (Å²) in [6.07, 6.45) is 6.53. The topological polar surface area (TPSA) is 178 Å². The molecule has 5 heterocycles. The zero-order chi connectivity index (χ0) is 32.0. The summed E-state index contributed by atoms with van der Waals surface area (Å²) in [7, 11) is 0. The Morgan fingerprint density at radius 1 is 0.833 bits per heavy atom. The number of fused-ring (bicyclic) bond motifs is 5. The summed E-state index contributed by atoms with van der Waals surface area (Å²) in [6, 6.07) is 0. The normalized spacial score (nSPS) is 16.3. The first-order chi connectivity index (χ1) is 20.9. The maximum atomic E-state index is 12.5. The van der Waals surface area contributed by atoms with E-state index in [-0.39, 0.29) is 152 Å². The van der Waals surface area contributed by atoms with Crippen LogP contribution in [0.4, 0.5) is 0 Å². The van der Waals surface area contributed by atoms with Gasteiger partial charge in [-0.15, -0.1) is 10.7 Å². The van der Waals surface area contributed by atoms with Crippen LogP contribution in [0.15, 0.2) is 96.3 Å². The van der Waals surface area contributed by atoms with Crippen LogP contribution in [-0.4, -0.2) is 29.1 Å². The molecule has 0 unspecified atom stereocenters. The second-order valence-electron chi connectivity index (χ2n) is 10.9. The molecule has 8 bridgehead atoms. The fourth-order valence-electron chi connectivity index (χ4n) is 5.96. The summed E-state index contributed by atoms with van der Waals surface area (Å²) in [5.74, 6) is -4.33. The Hall–Kier alpha value is -1.73. The first-order valence-corrected chi connectivity index (χ1v) is 14.2. The minimum Gasteiger partial charge on any atom is -0.883 e. The quantitative estimate of drug-likeness (QED) is 0.198. The molecule has 5 rings (SSSR count). The van der Waals surface area contributed by atoms with Crippen LogP contribution in [0.2, 0.25) is 0 Å². The molecule has 48 heavy (non-hydrogen) atoms. The Bertz CT molecular complexity index is 2000. The molecule has 1 aromatic heterocycles. The van der Waals surface area contributed by atoms with Gasteiger partial charge in [-0.2, -0.15) is 5.95 Å². The van der Waals surface area contributed by atoms with E-state index in [1.54, 1.807) is 32.1 Å². The van der Waals surface area contributed by atoms with E-state index < -0.39 is 24.3 Å². The number of aromatic nitrogens is 1. The minimum absolute atomic E-state index is 0. The summed E-state index contributed by atoms with van der Waals surface area (Å²) >= 11 is 0. The predicted molar refractivity (Wildman–Crippen MR) is 159 cm³/mol. The molecule has 0 amide bonds. The molecular weight excluding hydrogens is 693 g/mol. The van der Waals surface area contributed by atoms with Gasteiger partial charge in [-0.3, -0.25) is 0 Å². The van der Waals surface area contributed by atoms with Gasteiger partial charge in [0, 0.05) is 23.9 Å². The van der Waals surface area contributed by atoms with Gasteiger partial charge in [0.25, 0.3) is 0 Å². The summed E-state index contributed by atoms with van der Waals surface area (Å²) in [5.41, 5.74) is 7.19. The Morgan fingerprint density at radius 3 is 2.02 bits per heavy atom. The van der Waals surface area contributed by atoms with Crippen LogP contribution in [0.5, 0.6) is 0 Å². The smallest absolute Gasteiger partial charge is 0.883 e. The largest absolute Gasteiger partial charge is 2.00 e. The zero-order valence-corrected chi connectivity index (χ0v) is 35.3. The van der Waals surface area contributed by atoms with Crippen molar-refractivity contribution < 1.29 is 136 Å². The molecule has 14 heteroatoms. The Balaban J connectivity index is 0.00000288. The summed E-state index contributed by atoms with van der Waals surface area (Å²) in [4.78, 5) is 42.7. The van der Waals surface area contributed by atoms with Crippen molar-refractivity contribution in [3.63, 3.8) is 0 Å². The van der Waals surface area contributed by atoms with Crippen molar-refractivity contribution in [2.45, 2.75) is 60.3 Å². The molecule has 0 aromatic carbocycles. The van der Waals surface area contributed by atoms with Crippen molar-refractivity contribution in [1.82, 2.24) is 4.98 Å². The van der Waals surface area contributed by atoms with E-state index in [1.807, 2.05) is 26.8 Å². The first-order valence-electron chi connectivity index (χ1n) is 14.2. The fraction of sp³-hybridized carbons (Fsp3) is 0.265. The number of hydrogen-bond acceptors (Lipinski definition) is 9. The van der Waals surface area contributed by atoms with Crippen molar-refractivity contribution in [2.75, 3.05) is 0 Å². The van der Waals surface area contributed by atoms with E-state index in [1.165, 1.54) is 0 Å².